The molecule has 0 unspecified atom stereocenters. The molecule has 0 aliphatic carbocycles. The maximum atomic E-state index is 14.8. The highest BCUT2D eigenvalue weighted by molar-refractivity contribution is 5.92. The molecular formula is C22H26FN3O4. The second-order valence-corrected chi connectivity index (χ2v) is 7.38. The first kappa shape index (κ1) is 21.6. The summed E-state index contributed by atoms with van der Waals surface area (Å²) in [6.45, 7) is 4.62. The summed E-state index contributed by atoms with van der Waals surface area (Å²) in [5.41, 5.74) is 6.64. The van der Waals surface area contributed by atoms with Crippen molar-refractivity contribution < 1.29 is 18.7 Å². The molecular weight excluding hydrogens is 389 g/mol. The van der Waals surface area contributed by atoms with Gasteiger partial charge in [0.2, 0.25) is 5.88 Å². The number of rotatable bonds is 6. The van der Waals surface area contributed by atoms with Gasteiger partial charge in [-0.25, -0.2) is 9.18 Å². The van der Waals surface area contributed by atoms with Gasteiger partial charge in [0.05, 0.1) is 18.1 Å². The first-order valence-corrected chi connectivity index (χ1v) is 9.74. The van der Waals surface area contributed by atoms with Crippen molar-refractivity contribution in [2.45, 2.75) is 26.3 Å². The molecule has 1 aliphatic rings. The van der Waals surface area contributed by atoms with Crippen LogP contribution in [0.25, 0.3) is 0 Å². The van der Waals surface area contributed by atoms with E-state index in [1.165, 1.54) is 12.1 Å². The van der Waals surface area contributed by atoms with Crippen molar-refractivity contribution in [2.24, 2.45) is 5.73 Å². The lowest BCUT2D eigenvalue weighted by atomic mass is 9.83. The smallest absolute Gasteiger partial charge is 0.340 e. The predicted molar refractivity (Wildman–Crippen MR) is 111 cm³/mol. The third kappa shape index (κ3) is 3.95. The van der Waals surface area contributed by atoms with Crippen LogP contribution >= 0.6 is 0 Å². The summed E-state index contributed by atoms with van der Waals surface area (Å²) in [5, 5.41) is 0. The lowest BCUT2D eigenvalue weighted by Crippen LogP contribution is -2.36. The van der Waals surface area contributed by atoms with E-state index >= 15 is 0 Å². The topological polar surface area (TPSA) is 86.8 Å². The minimum Gasteiger partial charge on any atom is -0.462 e. The Kier molecular flexibility index (Phi) is 6.26. The summed E-state index contributed by atoms with van der Waals surface area (Å²) < 4.78 is 27.2. The number of carbonyl (C=O) groups is 1. The molecule has 0 saturated heterocycles. The highest BCUT2D eigenvalue weighted by Gasteiger charge is 2.39. The molecule has 8 heteroatoms. The normalized spacial score (nSPS) is 15.7. The summed E-state index contributed by atoms with van der Waals surface area (Å²) in [4.78, 5) is 28.2. The SMILES string of the molecule is CCOC(=O)C1=C(N)Oc2cc(C)n(CCN(C)C)c(=O)c2[C@@H]1c1ccccc1F. The van der Waals surface area contributed by atoms with Crippen molar-refractivity contribution in [3.63, 3.8) is 0 Å². The lowest BCUT2D eigenvalue weighted by molar-refractivity contribution is -0.139. The number of hydrogen-bond acceptors (Lipinski definition) is 6. The summed E-state index contributed by atoms with van der Waals surface area (Å²) in [6.07, 6.45) is 0. The Morgan fingerprint density at radius 3 is 2.67 bits per heavy atom. The molecule has 7 nitrogen and oxygen atoms in total. The lowest BCUT2D eigenvalue weighted by Gasteiger charge is -2.29. The number of nitrogens with two attached hydrogens (primary N) is 1. The number of likely N-dealkylation sites (N-methyl/N-ethyl adjacent to an activating group) is 1. The maximum absolute atomic E-state index is 14.8. The molecule has 1 aromatic heterocycles. The van der Waals surface area contributed by atoms with Crippen LogP contribution in [0, 0.1) is 12.7 Å². The van der Waals surface area contributed by atoms with Crippen molar-refractivity contribution in [1.82, 2.24) is 9.47 Å². The Labute approximate surface area is 174 Å². The number of ether oxygens (including phenoxy) is 2. The van der Waals surface area contributed by atoms with E-state index in [-0.39, 0.29) is 40.5 Å². The third-order valence-corrected chi connectivity index (χ3v) is 5.05. The zero-order valence-electron chi connectivity index (χ0n) is 17.6. The van der Waals surface area contributed by atoms with Crippen LogP contribution in [0.5, 0.6) is 5.75 Å². The second kappa shape index (κ2) is 8.71. The summed E-state index contributed by atoms with van der Waals surface area (Å²) >= 11 is 0. The van der Waals surface area contributed by atoms with Crippen LogP contribution in [0.1, 0.15) is 29.7 Å². The van der Waals surface area contributed by atoms with Crippen molar-refractivity contribution in [3.8, 4) is 5.75 Å². The minimum atomic E-state index is -1.03. The fourth-order valence-corrected chi connectivity index (χ4v) is 3.59. The summed E-state index contributed by atoms with van der Waals surface area (Å²) in [7, 11) is 3.82. The Hall–Kier alpha value is -3.13. The van der Waals surface area contributed by atoms with E-state index < -0.39 is 17.7 Å². The average molecular weight is 415 g/mol. The quantitative estimate of drug-likeness (QED) is 0.728. The standard InChI is InChI=1S/C22H26FN3O4/c1-5-29-22(28)19-17(14-8-6-7-9-15(14)23)18-16(30-20(19)24)12-13(2)26(21(18)27)11-10-25(3)4/h6-9,12,17H,5,10-11,24H2,1-4H3/t17-/m0/s1. The molecule has 0 bridgehead atoms. The van der Waals surface area contributed by atoms with Crippen LogP contribution in [0.2, 0.25) is 0 Å². The van der Waals surface area contributed by atoms with Crippen LogP contribution in [-0.2, 0) is 16.1 Å². The van der Waals surface area contributed by atoms with E-state index in [2.05, 4.69) is 0 Å². The molecule has 0 spiro atoms. The zero-order valence-corrected chi connectivity index (χ0v) is 17.6. The number of aromatic nitrogens is 1. The fourth-order valence-electron chi connectivity index (χ4n) is 3.59. The van der Waals surface area contributed by atoms with Crippen LogP contribution in [-0.4, -0.2) is 42.7 Å². The Balaban J connectivity index is 2.27. The number of hydrogen-bond donors (Lipinski definition) is 1. The number of pyridine rings is 1. The summed E-state index contributed by atoms with van der Waals surface area (Å²) in [6, 6.07) is 7.69. The molecule has 1 aliphatic heterocycles. The van der Waals surface area contributed by atoms with E-state index in [0.29, 0.717) is 18.8 Å². The van der Waals surface area contributed by atoms with Gasteiger partial charge < -0.3 is 24.7 Å². The monoisotopic (exact) mass is 415 g/mol. The van der Waals surface area contributed by atoms with E-state index in [1.54, 1.807) is 36.6 Å². The Morgan fingerprint density at radius 1 is 1.33 bits per heavy atom. The molecule has 1 aromatic carbocycles. The van der Waals surface area contributed by atoms with Crippen LogP contribution in [0.15, 0.2) is 46.6 Å². The van der Waals surface area contributed by atoms with Gasteiger partial charge in [-0.2, -0.15) is 0 Å². The molecule has 2 heterocycles. The number of halogens is 1. The van der Waals surface area contributed by atoms with Crippen LogP contribution in [0.4, 0.5) is 4.39 Å². The van der Waals surface area contributed by atoms with Gasteiger partial charge in [-0.1, -0.05) is 18.2 Å². The van der Waals surface area contributed by atoms with Crippen LogP contribution < -0.4 is 16.0 Å². The molecule has 160 valence electrons. The van der Waals surface area contributed by atoms with Crippen molar-refractivity contribution in [1.29, 1.82) is 0 Å². The van der Waals surface area contributed by atoms with E-state index in [0.717, 1.165) is 0 Å². The van der Waals surface area contributed by atoms with Gasteiger partial charge in [-0.15, -0.1) is 0 Å². The molecule has 0 fully saturated rings. The Morgan fingerprint density at radius 2 is 2.03 bits per heavy atom. The zero-order chi connectivity index (χ0) is 22.0. The number of carbonyl (C=O) groups excluding carboxylic acids is 1. The van der Waals surface area contributed by atoms with Crippen molar-refractivity contribution in [2.75, 3.05) is 27.2 Å². The van der Waals surface area contributed by atoms with Gasteiger partial charge in [-0.05, 0) is 34.0 Å². The van der Waals surface area contributed by atoms with Crippen molar-refractivity contribution in [3.05, 3.63) is 74.8 Å². The Bertz CT molecular complexity index is 1060. The van der Waals surface area contributed by atoms with Gasteiger partial charge >= 0.3 is 5.97 Å². The predicted octanol–water partition coefficient (Wildman–Crippen LogP) is 2.12. The first-order chi connectivity index (χ1) is 14.3. The number of fused-ring (bicyclic) bond motifs is 1. The minimum absolute atomic E-state index is 0.0745. The number of benzene rings is 1. The van der Waals surface area contributed by atoms with E-state index in [9.17, 15) is 14.0 Å². The van der Waals surface area contributed by atoms with Gasteiger partial charge in [0.25, 0.3) is 5.56 Å². The molecule has 0 saturated carbocycles. The molecule has 2 N–H and O–H groups in total. The molecule has 30 heavy (non-hydrogen) atoms. The molecule has 1 atom stereocenters. The summed E-state index contributed by atoms with van der Waals surface area (Å²) in [5.74, 6) is -2.30. The van der Waals surface area contributed by atoms with Gasteiger partial charge in [0.1, 0.15) is 17.1 Å². The third-order valence-electron chi connectivity index (χ3n) is 5.05. The second-order valence-electron chi connectivity index (χ2n) is 7.38. The van der Waals surface area contributed by atoms with Gasteiger partial charge in [0, 0.05) is 30.4 Å². The molecule has 0 amide bonds. The number of nitrogens with zero attached hydrogens (tertiary/aromatic N) is 2. The first-order valence-electron chi connectivity index (χ1n) is 9.74. The van der Waals surface area contributed by atoms with Crippen molar-refractivity contribution >= 4 is 5.97 Å². The van der Waals surface area contributed by atoms with Gasteiger partial charge in [-0.3, -0.25) is 4.79 Å². The van der Waals surface area contributed by atoms with Gasteiger partial charge in [0.15, 0.2) is 0 Å². The average Bonchev–Trinajstić information content (AvgIpc) is 2.67. The van der Waals surface area contributed by atoms with Crippen LogP contribution in [0.3, 0.4) is 0 Å². The van der Waals surface area contributed by atoms with E-state index in [4.69, 9.17) is 15.2 Å². The maximum Gasteiger partial charge on any atom is 0.340 e. The highest BCUT2D eigenvalue weighted by Crippen LogP contribution is 2.42. The molecule has 3 rings (SSSR count). The fraction of sp³-hybridized carbons (Fsp3) is 0.364. The van der Waals surface area contributed by atoms with E-state index in [1.807, 2.05) is 19.0 Å². The molecule has 0 radical (unpaired) electrons. The number of aryl methyl sites for hydroxylation is 1. The molecule has 2 aromatic rings. The highest BCUT2D eigenvalue weighted by atomic mass is 19.1. The number of esters is 1. The largest absolute Gasteiger partial charge is 0.462 e.